The number of benzene rings is 1. The molecule has 2 rings (SSSR count). The van der Waals surface area contributed by atoms with E-state index in [1.165, 1.54) is 12.1 Å². The van der Waals surface area contributed by atoms with Gasteiger partial charge in [0.05, 0.1) is 17.4 Å². The highest BCUT2D eigenvalue weighted by Gasteiger charge is 2.29. The number of hydrogen-bond donors (Lipinski definition) is 1. The van der Waals surface area contributed by atoms with Gasteiger partial charge in [-0.3, -0.25) is 0 Å². The molecule has 0 amide bonds. The minimum atomic E-state index is -4.31. The van der Waals surface area contributed by atoms with E-state index in [9.17, 15) is 13.2 Å². The molecule has 1 N–H and O–H groups in total. The van der Waals surface area contributed by atoms with Crippen molar-refractivity contribution in [1.29, 1.82) is 0 Å². The Hall–Kier alpha value is -1.82. The number of hydrogen-bond acceptors (Lipinski definition) is 2. The predicted molar refractivity (Wildman–Crippen MR) is 70.6 cm³/mol. The first-order chi connectivity index (χ1) is 9.50. The van der Waals surface area contributed by atoms with Crippen molar-refractivity contribution in [3.63, 3.8) is 0 Å². The zero-order valence-corrected chi connectivity index (χ0v) is 11.1. The molecule has 0 aliphatic carbocycles. The topological polar surface area (TPSA) is 29.9 Å². The number of alkyl halides is 3. The molecule has 108 valence electrons. The van der Waals surface area contributed by atoms with Crippen molar-refractivity contribution in [2.75, 3.05) is 6.54 Å². The minimum Gasteiger partial charge on any atom is -0.313 e. The van der Waals surface area contributed by atoms with Crippen LogP contribution in [0.5, 0.6) is 0 Å². The van der Waals surface area contributed by atoms with Crippen LogP contribution in [-0.4, -0.2) is 16.3 Å². The molecular formula is C14H16F3N3. The normalized spacial score (nSPS) is 11.8. The van der Waals surface area contributed by atoms with Crippen molar-refractivity contribution in [2.24, 2.45) is 0 Å². The average Bonchev–Trinajstić information content (AvgIpc) is 2.87. The molecule has 1 aromatic heterocycles. The Morgan fingerprint density at radius 2 is 1.90 bits per heavy atom. The second-order valence-electron chi connectivity index (χ2n) is 4.51. The van der Waals surface area contributed by atoms with Crippen LogP contribution in [0.15, 0.2) is 36.7 Å². The lowest BCUT2D eigenvalue weighted by atomic mass is 10.2. The molecule has 0 bridgehead atoms. The number of rotatable bonds is 5. The average molecular weight is 283 g/mol. The first kappa shape index (κ1) is 14.6. The summed E-state index contributed by atoms with van der Waals surface area (Å²) in [6.07, 6.45) is 0.260. The summed E-state index contributed by atoms with van der Waals surface area (Å²) in [5, 5.41) is 7.40. The van der Waals surface area contributed by atoms with Gasteiger partial charge in [-0.25, -0.2) is 4.68 Å². The fourth-order valence-electron chi connectivity index (χ4n) is 1.81. The standard InChI is InChI=1S/C14H16F3N3/c1-2-7-18-8-11-9-19-20(10-11)13-5-3-12(4-6-13)14(15,16)17/h3-6,9-10,18H,2,7-8H2,1H3. The smallest absolute Gasteiger partial charge is 0.313 e. The van der Waals surface area contributed by atoms with Gasteiger partial charge in [-0.1, -0.05) is 6.92 Å². The Morgan fingerprint density at radius 3 is 2.50 bits per heavy atom. The Morgan fingerprint density at radius 1 is 1.20 bits per heavy atom. The molecule has 0 spiro atoms. The third-order valence-electron chi connectivity index (χ3n) is 2.85. The van der Waals surface area contributed by atoms with E-state index in [-0.39, 0.29) is 0 Å². The zero-order chi connectivity index (χ0) is 14.6. The van der Waals surface area contributed by atoms with Crippen molar-refractivity contribution in [2.45, 2.75) is 26.1 Å². The summed E-state index contributed by atoms with van der Waals surface area (Å²) in [7, 11) is 0. The number of nitrogens with one attached hydrogen (secondary N) is 1. The molecule has 2 aromatic rings. The van der Waals surface area contributed by atoms with Gasteiger partial charge in [0.1, 0.15) is 0 Å². The van der Waals surface area contributed by atoms with Gasteiger partial charge < -0.3 is 5.32 Å². The zero-order valence-electron chi connectivity index (χ0n) is 11.1. The molecule has 0 fully saturated rings. The Labute approximate surface area is 115 Å². The van der Waals surface area contributed by atoms with Crippen LogP contribution in [0.4, 0.5) is 13.2 Å². The monoisotopic (exact) mass is 283 g/mol. The maximum atomic E-state index is 12.5. The highest BCUT2D eigenvalue weighted by Crippen LogP contribution is 2.29. The van der Waals surface area contributed by atoms with E-state index in [4.69, 9.17) is 0 Å². The van der Waals surface area contributed by atoms with Crippen molar-refractivity contribution in [3.8, 4) is 5.69 Å². The van der Waals surface area contributed by atoms with Gasteiger partial charge >= 0.3 is 6.18 Å². The Kier molecular flexibility index (Phi) is 4.44. The number of aromatic nitrogens is 2. The quantitative estimate of drug-likeness (QED) is 0.852. The van der Waals surface area contributed by atoms with Crippen LogP contribution in [0.25, 0.3) is 5.69 Å². The van der Waals surface area contributed by atoms with Crippen LogP contribution in [0, 0.1) is 0 Å². The van der Waals surface area contributed by atoms with E-state index in [2.05, 4.69) is 17.3 Å². The van der Waals surface area contributed by atoms with Gasteiger partial charge in [-0.2, -0.15) is 18.3 Å². The van der Waals surface area contributed by atoms with Crippen LogP contribution >= 0.6 is 0 Å². The van der Waals surface area contributed by atoms with Crippen LogP contribution < -0.4 is 5.32 Å². The molecule has 3 nitrogen and oxygen atoms in total. The summed E-state index contributed by atoms with van der Waals surface area (Å²) in [5.74, 6) is 0. The Balaban J connectivity index is 2.08. The summed E-state index contributed by atoms with van der Waals surface area (Å²) >= 11 is 0. The Bertz CT molecular complexity index is 544. The highest BCUT2D eigenvalue weighted by atomic mass is 19.4. The summed E-state index contributed by atoms with van der Waals surface area (Å²) < 4.78 is 39.0. The second kappa shape index (κ2) is 6.09. The summed E-state index contributed by atoms with van der Waals surface area (Å²) in [5.41, 5.74) is 0.955. The SMILES string of the molecule is CCCNCc1cnn(-c2ccc(C(F)(F)F)cc2)c1. The molecule has 0 atom stereocenters. The highest BCUT2D eigenvalue weighted by molar-refractivity contribution is 5.35. The van der Waals surface area contributed by atoms with Crippen LogP contribution in [0.2, 0.25) is 0 Å². The van der Waals surface area contributed by atoms with Crippen LogP contribution in [0.1, 0.15) is 24.5 Å². The van der Waals surface area contributed by atoms with Crippen LogP contribution in [-0.2, 0) is 12.7 Å². The first-order valence-electron chi connectivity index (χ1n) is 6.42. The number of nitrogens with zero attached hydrogens (tertiary/aromatic N) is 2. The molecule has 1 aromatic carbocycles. The fourth-order valence-corrected chi connectivity index (χ4v) is 1.81. The largest absolute Gasteiger partial charge is 0.416 e. The molecule has 0 unspecified atom stereocenters. The van der Waals surface area contributed by atoms with Gasteiger partial charge in [0.25, 0.3) is 0 Å². The van der Waals surface area contributed by atoms with Crippen molar-refractivity contribution in [3.05, 3.63) is 47.8 Å². The van der Waals surface area contributed by atoms with Gasteiger partial charge in [-0.15, -0.1) is 0 Å². The third kappa shape index (κ3) is 3.60. The molecule has 0 radical (unpaired) electrons. The fraction of sp³-hybridized carbons (Fsp3) is 0.357. The van der Waals surface area contributed by atoms with Gasteiger partial charge in [0.2, 0.25) is 0 Å². The second-order valence-corrected chi connectivity index (χ2v) is 4.51. The molecule has 6 heteroatoms. The number of halogens is 3. The van der Waals surface area contributed by atoms with Crippen LogP contribution in [0.3, 0.4) is 0 Å². The van der Waals surface area contributed by atoms with E-state index in [1.54, 1.807) is 10.9 Å². The third-order valence-corrected chi connectivity index (χ3v) is 2.85. The van der Waals surface area contributed by atoms with E-state index >= 15 is 0 Å². The molecule has 0 saturated carbocycles. The molecule has 20 heavy (non-hydrogen) atoms. The predicted octanol–water partition coefficient (Wildman–Crippen LogP) is 3.39. The van der Waals surface area contributed by atoms with Gasteiger partial charge in [-0.05, 0) is 37.2 Å². The maximum Gasteiger partial charge on any atom is 0.416 e. The summed E-state index contributed by atoms with van der Waals surface area (Å²) in [6, 6.07) is 4.95. The molecular weight excluding hydrogens is 267 g/mol. The molecule has 1 heterocycles. The van der Waals surface area contributed by atoms with E-state index in [0.717, 1.165) is 30.7 Å². The van der Waals surface area contributed by atoms with Gasteiger partial charge in [0, 0.05) is 18.3 Å². The summed E-state index contributed by atoms with van der Waals surface area (Å²) in [6.45, 7) is 3.71. The first-order valence-corrected chi connectivity index (χ1v) is 6.42. The van der Waals surface area contributed by atoms with E-state index < -0.39 is 11.7 Å². The molecule has 0 aliphatic rings. The van der Waals surface area contributed by atoms with Crippen molar-refractivity contribution in [1.82, 2.24) is 15.1 Å². The lowest BCUT2D eigenvalue weighted by Gasteiger charge is -2.07. The van der Waals surface area contributed by atoms with Crippen molar-refractivity contribution < 1.29 is 13.2 Å². The maximum absolute atomic E-state index is 12.5. The van der Waals surface area contributed by atoms with Crippen molar-refractivity contribution >= 4 is 0 Å². The molecule has 0 aliphatic heterocycles. The van der Waals surface area contributed by atoms with Gasteiger partial charge in [0.15, 0.2) is 0 Å². The lowest BCUT2D eigenvalue weighted by molar-refractivity contribution is -0.137. The van der Waals surface area contributed by atoms with E-state index in [1.807, 2.05) is 6.20 Å². The summed E-state index contributed by atoms with van der Waals surface area (Å²) in [4.78, 5) is 0. The van der Waals surface area contributed by atoms with E-state index in [0.29, 0.717) is 12.2 Å². The lowest BCUT2D eigenvalue weighted by Crippen LogP contribution is -2.13. The molecule has 0 saturated heterocycles. The minimum absolute atomic E-state index is 0.611.